The smallest absolute Gasteiger partial charge is 0.159 e. The Balaban J connectivity index is 4.22. The van der Waals surface area contributed by atoms with Gasteiger partial charge in [-0.2, -0.15) is 0 Å². The Hall–Kier alpha value is -0.400. The molecule has 0 rings (SSSR count). The van der Waals surface area contributed by atoms with Gasteiger partial charge in [-0.05, 0) is 18.9 Å². The lowest BCUT2D eigenvalue weighted by atomic mass is 9.93. The molecule has 0 saturated heterocycles. The quantitative estimate of drug-likeness (QED) is 0.540. The normalized spacial score (nSPS) is 18.2. The van der Waals surface area contributed by atoms with Crippen LogP contribution in [0.3, 0.4) is 0 Å². The average molecular weight is 148 g/mol. The van der Waals surface area contributed by atoms with Crippen molar-refractivity contribution in [2.45, 2.75) is 26.4 Å². The minimum atomic E-state index is -1.76. The largest absolute Gasteiger partial charge is 0.247 e. The maximum absolute atomic E-state index is 13.2. The molecule has 0 fully saturated rings. The molecule has 60 valence electrons. The maximum atomic E-state index is 13.2. The highest BCUT2D eigenvalue weighted by Crippen LogP contribution is 2.24. The van der Waals surface area contributed by atoms with Crippen LogP contribution in [0.1, 0.15) is 20.8 Å². The molecule has 10 heavy (non-hydrogen) atoms. The highest BCUT2D eigenvalue weighted by Gasteiger charge is 2.29. The molecule has 0 aromatic rings. The first-order chi connectivity index (χ1) is 4.56. The third-order valence-corrected chi connectivity index (χ3v) is 1.61. The molecule has 0 amide bonds. The van der Waals surface area contributed by atoms with Crippen molar-refractivity contribution in [2.24, 2.45) is 5.92 Å². The molecule has 0 radical (unpaired) electrons. The average Bonchev–Trinajstić information content (AvgIpc) is 1.88. The van der Waals surface area contributed by atoms with E-state index in [1.54, 1.807) is 26.8 Å². The fourth-order valence-electron chi connectivity index (χ4n) is 0.668. The lowest BCUT2D eigenvalue weighted by molar-refractivity contribution is 0.119. The summed E-state index contributed by atoms with van der Waals surface area (Å²) in [6.45, 7) is 4.08. The van der Waals surface area contributed by atoms with Crippen LogP contribution in [-0.4, -0.2) is 12.3 Å². The molecule has 0 aliphatic rings. The summed E-state index contributed by atoms with van der Waals surface area (Å²) in [7, 11) is 0. The highest BCUT2D eigenvalue weighted by molar-refractivity contribution is 5.01. The Kier molecular flexibility index (Phi) is 3.54. The molecule has 0 aromatic heterocycles. The number of rotatable bonds is 3. The number of halogens is 2. The van der Waals surface area contributed by atoms with Crippen molar-refractivity contribution in [3.05, 3.63) is 12.2 Å². The Labute approximate surface area is 60.9 Å². The number of allylic oxidation sites excluding steroid dienone is 2. The van der Waals surface area contributed by atoms with E-state index in [-0.39, 0.29) is 5.92 Å². The molecule has 0 saturated carbocycles. The SMILES string of the molecule is C/C=C\C(F)(CF)C(C)C. The molecule has 2 heteroatoms. The van der Waals surface area contributed by atoms with Crippen molar-refractivity contribution in [3.8, 4) is 0 Å². The third-order valence-electron chi connectivity index (χ3n) is 1.61. The summed E-state index contributed by atoms with van der Waals surface area (Å²) < 4.78 is 25.2. The first kappa shape index (κ1) is 9.60. The summed E-state index contributed by atoms with van der Waals surface area (Å²) in [5.41, 5.74) is -1.76. The fourth-order valence-corrected chi connectivity index (χ4v) is 0.668. The van der Waals surface area contributed by atoms with Gasteiger partial charge in [-0.3, -0.25) is 0 Å². The van der Waals surface area contributed by atoms with Gasteiger partial charge in [-0.15, -0.1) is 0 Å². The molecule has 1 atom stereocenters. The van der Waals surface area contributed by atoms with Gasteiger partial charge in [-0.25, -0.2) is 8.78 Å². The lowest BCUT2D eigenvalue weighted by Crippen LogP contribution is -2.29. The van der Waals surface area contributed by atoms with Gasteiger partial charge < -0.3 is 0 Å². The third kappa shape index (κ3) is 2.09. The van der Waals surface area contributed by atoms with Crippen molar-refractivity contribution in [1.29, 1.82) is 0 Å². The Morgan fingerprint density at radius 3 is 2.10 bits per heavy atom. The first-order valence-electron chi connectivity index (χ1n) is 3.45. The summed E-state index contributed by atoms with van der Waals surface area (Å²) in [5, 5.41) is 0. The molecule has 0 aliphatic carbocycles. The monoisotopic (exact) mass is 148 g/mol. The van der Waals surface area contributed by atoms with Gasteiger partial charge in [0.1, 0.15) is 6.67 Å². The number of hydrogen-bond donors (Lipinski definition) is 0. The van der Waals surface area contributed by atoms with E-state index in [1.807, 2.05) is 0 Å². The summed E-state index contributed by atoms with van der Waals surface area (Å²) in [6.07, 6.45) is 2.82. The Morgan fingerprint density at radius 1 is 1.50 bits per heavy atom. The molecule has 1 unspecified atom stereocenters. The van der Waals surface area contributed by atoms with Gasteiger partial charge in [0, 0.05) is 0 Å². The van der Waals surface area contributed by atoms with Crippen LogP contribution in [0.4, 0.5) is 8.78 Å². The van der Waals surface area contributed by atoms with E-state index in [0.29, 0.717) is 0 Å². The highest BCUT2D eigenvalue weighted by atomic mass is 19.2. The molecule has 0 aliphatic heterocycles. The van der Waals surface area contributed by atoms with E-state index in [2.05, 4.69) is 0 Å². The van der Waals surface area contributed by atoms with Crippen LogP contribution >= 0.6 is 0 Å². The van der Waals surface area contributed by atoms with E-state index in [9.17, 15) is 8.78 Å². The van der Waals surface area contributed by atoms with Crippen LogP contribution in [0.2, 0.25) is 0 Å². The van der Waals surface area contributed by atoms with Crippen molar-refractivity contribution in [1.82, 2.24) is 0 Å². The van der Waals surface area contributed by atoms with E-state index in [4.69, 9.17) is 0 Å². The number of alkyl halides is 2. The molecule has 0 aromatic carbocycles. The topological polar surface area (TPSA) is 0 Å². The lowest BCUT2D eigenvalue weighted by Gasteiger charge is -2.21. The second-order valence-electron chi connectivity index (χ2n) is 2.72. The van der Waals surface area contributed by atoms with Gasteiger partial charge in [0.05, 0.1) is 0 Å². The first-order valence-corrected chi connectivity index (χ1v) is 3.45. The van der Waals surface area contributed by atoms with Crippen molar-refractivity contribution in [3.63, 3.8) is 0 Å². The molecule has 0 N–H and O–H groups in total. The molecule has 0 bridgehead atoms. The minimum absolute atomic E-state index is 0.298. The molecular weight excluding hydrogens is 134 g/mol. The van der Waals surface area contributed by atoms with Crippen LogP contribution in [0.5, 0.6) is 0 Å². The van der Waals surface area contributed by atoms with Crippen LogP contribution < -0.4 is 0 Å². The molecule has 0 nitrogen and oxygen atoms in total. The Bertz CT molecular complexity index is 118. The van der Waals surface area contributed by atoms with E-state index >= 15 is 0 Å². The zero-order valence-electron chi connectivity index (χ0n) is 6.70. The van der Waals surface area contributed by atoms with Crippen LogP contribution in [0.25, 0.3) is 0 Å². The molecular formula is C8H14F2. The van der Waals surface area contributed by atoms with Gasteiger partial charge in [-0.1, -0.05) is 19.9 Å². The van der Waals surface area contributed by atoms with Crippen molar-refractivity contribution in [2.75, 3.05) is 6.67 Å². The zero-order chi connectivity index (χ0) is 8.20. The van der Waals surface area contributed by atoms with Crippen molar-refractivity contribution >= 4 is 0 Å². The predicted molar refractivity (Wildman–Crippen MR) is 39.5 cm³/mol. The summed E-state index contributed by atoms with van der Waals surface area (Å²) >= 11 is 0. The summed E-state index contributed by atoms with van der Waals surface area (Å²) in [6, 6.07) is 0. The van der Waals surface area contributed by atoms with Gasteiger partial charge in [0.25, 0.3) is 0 Å². The fraction of sp³-hybridized carbons (Fsp3) is 0.750. The van der Waals surface area contributed by atoms with Crippen LogP contribution in [0, 0.1) is 5.92 Å². The zero-order valence-corrected chi connectivity index (χ0v) is 6.70. The second kappa shape index (κ2) is 3.69. The van der Waals surface area contributed by atoms with Gasteiger partial charge in [0.2, 0.25) is 0 Å². The van der Waals surface area contributed by atoms with Gasteiger partial charge in [0.15, 0.2) is 5.67 Å². The van der Waals surface area contributed by atoms with E-state index in [0.717, 1.165) is 0 Å². The van der Waals surface area contributed by atoms with E-state index in [1.165, 1.54) is 6.08 Å². The standard InChI is InChI=1S/C8H14F2/c1-4-5-8(10,6-9)7(2)3/h4-5,7H,6H2,1-3H3/b5-4-. The molecule has 0 heterocycles. The van der Waals surface area contributed by atoms with Gasteiger partial charge >= 0.3 is 0 Å². The summed E-state index contributed by atoms with van der Waals surface area (Å²) in [4.78, 5) is 0. The summed E-state index contributed by atoms with van der Waals surface area (Å²) in [5.74, 6) is -0.298. The van der Waals surface area contributed by atoms with Crippen LogP contribution in [0.15, 0.2) is 12.2 Å². The minimum Gasteiger partial charge on any atom is -0.247 e. The van der Waals surface area contributed by atoms with Crippen LogP contribution in [-0.2, 0) is 0 Å². The maximum Gasteiger partial charge on any atom is 0.159 e. The second-order valence-corrected chi connectivity index (χ2v) is 2.72. The Morgan fingerprint density at radius 2 is 2.00 bits per heavy atom. The van der Waals surface area contributed by atoms with Crippen molar-refractivity contribution < 1.29 is 8.78 Å². The predicted octanol–water partition coefficient (Wildman–Crippen LogP) is 2.90. The molecule has 0 spiro atoms. The van der Waals surface area contributed by atoms with E-state index < -0.39 is 12.3 Å². The number of hydrogen-bond acceptors (Lipinski definition) is 0.